The second-order valence-electron chi connectivity index (χ2n) is 25.5. The largest absolute Gasteiger partial charge is 0.444 e. The number of carbonyl (C=O) groups excluding carboxylic acids is 3. The summed E-state index contributed by atoms with van der Waals surface area (Å²) in [5, 5.41) is 19.8. The predicted molar refractivity (Wildman–Crippen MR) is 352 cm³/mol. The summed E-state index contributed by atoms with van der Waals surface area (Å²) < 4.78 is 40.0. The van der Waals surface area contributed by atoms with Crippen molar-refractivity contribution in [2.24, 2.45) is 5.73 Å². The van der Waals surface area contributed by atoms with Crippen LogP contribution >= 0.6 is 0 Å². The lowest BCUT2D eigenvalue weighted by atomic mass is 10.1. The fourth-order valence-corrected chi connectivity index (χ4v) is 11.0. The van der Waals surface area contributed by atoms with Crippen LogP contribution in [0.4, 0.5) is 30.0 Å². The van der Waals surface area contributed by atoms with E-state index in [1.807, 2.05) is 155 Å². The van der Waals surface area contributed by atoms with E-state index in [4.69, 9.17) is 20.2 Å². The molecule has 2 aliphatic carbocycles. The summed E-state index contributed by atoms with van der Waals surface area (Å²) in [7, 11) is 0. The summed E-state index contributed by atoms with van der Waals surface area (Å²) in [6.07, 6.45) is 11.2. The number of piperazine rings is 2. The van der Waals surface area contributed by atoms with Gasteiger partial charge < -0.3 is 44.9 Å². The van der Waals surface area contributed by atoms with Crippen LogP contribution < -0.4 is 32.0 Å². The molecule has 0 radical (unpaired) electrons. The fourth-order valence-electron chi connectivity index (χ4n) is 11.0. The summed E-state index contributed by atoms with van der Waals surface area (Å²) in [4.78, 5) is 80.1. The van der Waals surface area contributed by atoms with Crippen molar-refractivity contribution in [3.05, 3.63) is 201 Å². The highest BCUT2D eigenvalue weighted by Crippen LogP contribution is 2.41. The lowest BCUT2D eigenvalue weighted by Crippen LogP contribution is -2.51. The molecule has 12 rings (SSSR count). The molecule has 6 heterocycles. The molecule has 4 aromatic heterocycles. The molecule has 4 atom stereocenters. The highest BCUT2D eigenvalue weighted by atomic mass is 19.1. The first kappa shape index (κ1) is 66.3. The van der Waals surface area contributed by atoms with Crippen LogP contribution in [0.1, 0.15) is 102 Å². The van der Waals surface area contributed by atoms with Crippen LogP contribution in [0.5, 0.6) is 0 Å². The standard InChI is InChI=1S/C35H40FN7O3.C26H30N6O4.C9H10FN/c1-35(2,3)46-34(45)42-20-18-41(19-21-42)32-33(44)43(28-14-10-25(11-15-28)30-7-5-17-38-40-30)23-27(39-32)6-4-16-37-31-22-29(31)24-8-12-26(36)13-9-24;1-26(2,3)36-25(35)31-15-13-30(14-16-31)23-24(34)32(18-20(28-23)6-5-17-33)21-10-8-19(9-11-21)22-7-4-12-27-29-22;10-7-3-1-6(2-4-7)8-5-9(8)11/h5,7-15,17,23,29,31,37H,4,6,16,18-22H2,1-3H3;4,7-12,17-18H,5-6,13-16H2,1-3H3;1-4,8-9H,5,11H2/t29-,31+;;8-,9+/m0.0/s1. The molecular formula is C70H80F2N14O7. The molecule has 8 aromatic rings. The van der Waals surface area contributed by atoms with Gasteiger partial charge in [-0.1, -0.05) is 48.5 Å². The lowest BCUT2D eigenvalue weighted by Gasteiger charge is -2.36. The Labute approximate surface area is 539 Å². The van der Waals surface area contributed by atoms with Gasteiger partial charge in [-0.15, -0.1) is 0 Å². The van der Waals surface area contributed by atoms with Gasteiger partial charge in [0.1, 0.15) is 29.1 Å². The summed E-state index contributed by atoms with van der Waals surface area (Å²) in [5.74, 6) is 1.19. The molecule has 4 fully saturated rings. The number of nitrogens with two attached hydrogens (primary N) is 1. The van der Waals surface area contributed by atoms with Crippen LogP contribution in [0.25, 0.3) is 33.9 Å². The molecule has 2 saturated carbocycles. The molecular weight excluding hydrogens is 1190 g/mol. The van der Waals surface area contributed by atoms with Crippen LogP contribution in [0.3, 0.4) is 0 Å². The smallest absolute Gasteiger partial charge is 0.410 e. The Morgan fingerprint density at radius 1 is 0.581 bits per heavy atom. The molecule has 23 heteroatoms. The average molecular weight is 1270 g/mol. The molecule has 93 heavy (non-hydrogen) atoms. The Bertz CT molecular complexity index is 3930. The van der Waals surface area contributed by atoms with Crippen molar-refractivity contribution in [2.45, 2.75) is 115 Å². The van der Waals surface area contributed by atoms with Gasteiger partial charge in [-0.3, -0.25) is 18.7 Å². The van der Waals surface area contributed by atoms with Gasteiger partial charge in [0.05, 0.1) is 22.8 Å². The summed E-state index contributed by atoms with van der Waals surface area (Å²) in [6.45, 7) is 15.4. The van der Waals surface area contributed by atoms with Crippen molar-refractivity contribution < 1.29 is 32.6 Å². The number of carbonyl (C=O) groups is 3. The Balaban J connectivity index is 0.000000178. The zero-order valence-electron chi connectivity index (χ0n) is 53.4. The van der Waals surface area contributed by atoms with E-state index in [9.17, 15) is 32.8 Å². The van der Waals surface area contributed by atoms with Crippen LogP contribution in [-0.4, -0.2) is 150 Å². The van der Waals surface area contributed by atoms with Gasteiger partial charge in [-0.25, -0.2) is 28.3 Å². The number of anilines is 2. The number of nitrogens with one attached hydrogen (secondary N) is 1. The van der Waals surface area contributed by atoms with Gasteiger partial charge in [-0.05, 0) is 164 Å². The van der Waals surface area contributed by atoms with Crippen molar-refractivity contribution >= 4 is 30.1 Å². The molecule has 4 aliphatic rings. The van der Waals surface area contributed by atoms with Crippen molar-refractivity contribution in [3.8, 4) is 33.9 Å². The Kier molecular flexibility index (Phi) is 21.2. The third-order valence-corrected chi connectivity index (χ3v) is 16.1. The molecule has 2 saturated heterocycles. The molecule has 4 aromatic carbocycles. The van der Waals surface area contributed by atoms with E-state index in [2.05, 4.69) is 30.7 Å². The van der Waals surface area contributed by atoms with Gasteiger partial charge in [-0.2, -0.15) is 20.4 Å². The quantitative estimate of drug-likeness (QED) is 0.0676. The van der Waals surface area contributed by atoms with Crippen LogP contribution in [-0.2, 0) is 27.1 Å². The van der Waals surface area contributed by atoms with E-state index in [1.54, 1.807) is 37.5 Å². The normalized spacial score (nSPS) is 17.7. The lowest BCUT2D eigenvalue weighted by molar-refractivity contribution is -0.107. The van der Waals surface area contributed by atoms with Crippen molar-refractivity contribution in [3.63, 3.8) is 0 Å². The highest BCUT2D eigenvalue weighted by molar-refractivity contribution is 5.69. The number of aldehydes is 1. The topological polar surface area (TPSA) is 242 Å². The summed E-state index contributed by atoms with van der Waals surface area (Å²) in [5.41, 5.74) is 12.5. The molecule has 0 unspecified atom stereocenters. The Hall–Kier alpha value is -9.61. The van der Waals surface area contributed by atoms with Crippen LogP contribution in [0.15, 0.2) is 156 Å². The zero-order valence-corrected chi connectivity index (χ0v) is 53.4. The van der Waals surface area contributed by atoms with E-state index in [-0.39, 0.29) is 34.9 Å². The number of benzene rings is 4. The van der Waals surface area contributed by atoms with Crippen molar-refractivity contribution in [1.29, 1.82) is 0 Å². The van der Waals surface area contributed by atoms with E-state index >= 15 is 0 Å². The molecule has 0 spiro atoms. The maximum absolute atomic E-state index is 13.9. The highest BCUT2D eigenvalue weighted by Gasteiger charge is 2.38. The maximum Gasteiger partial charge on any atom is 0.410 e. The number of rotatable bonds is 16. The number of aromatic nitrogens is 8. The predicted octanol–water partition coefficient (Wildman–Crippen LogP) is 9.48. The molecule has 2 aliphatic heterocycles. The second-order valence-corrected chi connectivity index (χ2v) is 25.5. The first-order valence-electron chi connectivity index (χ1n) is 31.6. The van der Waals surface area contributed by atoms with E-state index in [1.165, 1.54) is 29.8 Å². The number of nitrogens with zero attached hydrogens (tertiary/aromatic N) is 12. The number of hydrogen-bond acceptors (Lipinski definition) is 17. The maximum atomic E-state index is 13.9. The number of hydrogen-bond donors (Lipinski definition) is 2. The summed E-state index contributed by atoms with van der Waals surface area (Å²) in [6, 6.07) is 36.6. The van der Waals surface area contributed by atoms with Crippen molar-refractivity contribution in [1.82, 2.24) is 54.6 Å². The number of amides is 2. The number of ether oxygens (including phenoxy) is 2. The monoisotopic (exact) mass is 1270 g/mol. The van der Waals surface area contributed by atoms with Gasteiger partial charge >= 0.3 is 12.2 Å². The van der Waals surface area contributed by atoms with Crippen LogP contribution in [0.2, 0.25) is 0 Å². The van der Waals surface area contributed by atoms with Crippen molar-refractivity contribution in [2.75, 3.05) is 68.7 Å². The molecule has 0 bridgehead atoms. The average Bonchev–Trinajstić information content (AvgIpc) is 1.56. The zero-order chi connectivity index (χ0) is 65.8. The van der Waals surface area contributed by atoms with Gasteiger partial charge in [0.25, 0.3) is 11.1 Å². The summed E-state index contributed by atoms with van der Waals surface area (Å²) >= 11 is 0. The molecule has 21 nitrogen and oxygen atoms in total. The first-order chi connectivity index (χ1) is 44.7. The molecule has 486 valence electrons. The van der Waals surface area contributed by atoms with E-state index in [0.29, 0.717) is 119 Å². The number of halogens is 2. The van der Waals surface area contributed by atoms with Crippen LogP contribution in [0, 0.1) is 11.6 Å². The Morgan fingerprint density at radius 3 is 1.39 bits per heavy atom. The number of aryl methyl sites for hydroxylation is 2. The Morgan fingerprint density at radius 2 is 1.00 bits per heavy atom. The minimum atomic E-state index is -0.573. The third kappa shape index (κ3) is 18.1. The fraction of sp³-hybridized carbons (Fsp3) is 0.386. The second kappa shape index (κ2) is 29.8. The SMILES string of the molecule is CC(C)(C)OC(=O)N1CCN(c2nc(CCC=O)cn(-c3ccc(-c4cccnn4)cc3)c2=O)CC1.CC(C)(C)OC(=O)N1CCN(c2nc(CCCN[C@@H]3C[C@H]3c3ccc(F)cc3)cn(-c3ccc(-c4cccnn4)cc3)c2=O)CC1.N[C@@H]1C[C@H]1c1ccc(F)cc1. The molecule has 3 N–H and O–H groups in total. The van der Waals surface area contributed by atoms with Gasteiger partial charge in [0.15, 0.2) is 11.6 Å². The van der Waals surface area contributed by atoms with E-state index in [0.717, 1.165) is 71.6 Å². The molecule has 2 amide bonds. The van der Waals surface area contributed by atoms with Gasteiger partial charge in [0.2, 0.25) is 0 Å². The first-order valence-corrected chi connectivity index (χ1v) is 31.6. The van der Waals surface area contributed by atoms with E-state index < -0.39 is 11.2 Å². The third-order valence-electron chi connectivity index (χ3n) is 16.1. The minimum absolute atomic E-state index is 0.178. The van der Waals surface area contributed by atoms with Gasteiger partial charge in [0, 0.05) is 130 Å². The minimum Gasteiger partial charge on any atom is -0.444 e.